The van der Waals surface area contributed by atoms with Crippen molar-refractivity contribution in [1.82, 2.24) is 0 Å². The summed E-state index contributed by atoms with van der Waals surface area (Å²) in [4.78, 5) is 0. The lowest BCUT2D eigenvalue weighted by Crippen LogP contribution is -2.64. The number of aliphatic hydroxyl groups excluding tert-OH is 20. The third kappa shape index (κ3) is 11.8. The van der Waals surface area contributed by atoms with Gasteiger partial charge in [0, 0.05) is 0 Å². The summed E-state index contributed by atoms with van der Waals surface area (Å²) >= 11 is 0. The van der Waals surface area contributed by atoms with Gasteiger partial charge in [0.2, 0.25) is 0 Å². The lowest BCUT2D eigenvalue weighted by atomic mass is 9.97. The second-order valence-electron chi connectivity index (χ2n) is 16.9. The van der Waals surface area contributed by atoms with Gasteiger partial charge >= 0.3 is 0 Å². The molecule has 20 N–H and O–H groups in total. The van der Waals surface area contributed by atoms with E-state index in [0.29, 0.717) is 0 Å². The molecule has 0 amide bonds. The minimum Gasteiger partial charge on any atom is -0.394 e. The van der Waals surface area contributed by atoms with Crippen LogP contribution in [0.2, 0.25) is 0 Å². The van der Waals surface area contributed by atoms with E-state index < -0.39 is 224 Å². The number of ether oxygens (including phenoxy) is 11. The van der Waals surface area contributed by atoms with Gasteiger partial charge in [0.15, 0.2) is 37.7 Å². The summed E-state index contributed by atoms with van der Waals surface area (Å²) in [5.41, 5.74) is 0. The minimum atomic E-state index is -2.02. The largest absolute Gasteiger partial charge is 0.394 e. The van der Waals surface area contributed by atoms with Crippen molar-refractivity contribution in [2.45, 2.75) is 184 Å². The summed E-state index contributed by atoms with van der Waals surface area (Å²) in [7, 11) is 0. The maximum Gasteiger partial charge on any atom is 0.189 e. The molecular weight excluding hydrogens is 928 g/mol. The molecule has 6 fully saturated rings. The zero-order valence-electron chi connectivity index (χ0n) is 35.0. The first kappa shape index (κ1) is 55.1. The minimum absolute atomic E-state index is 0.697. The van der Waals surface area contributed by atoms with E-state index in [-0.39, 0.29) is 0 Å². The van der Waals surface area contributed by atoms with Crippen LogP contribution in [0.3, 0.4) is 0 Å². The van der Waals surface area contributed by atoms with Crippen molar-refractivity contribution in [3.05, 3.63) is 0 Å². The number of rotatable bonds is 16. The van der Waals surface area contributed by atoms with Gasteiger partial charge < -0.3 is 154 Å². The molecule has 6 aliphatic heterocycles. The standard InChI is InChI=1S/C36H62O31/c37-1-7-13(39)19(45)25(51)31(61-7)57-3-9-15(41)21(47)26(52)32(63-9)58-4-10-16(42)22(48)27(53)33(64-10)59-5-11-17(43)23(49)28(54)34(65-11)60-6-12-18(44)24(50)30(56)36(66-12)67-35-29(55)20(46)14(40)8(2-38)62-35/h7-56H,1-6H2/t7-,8-,9-,10-,11-,12-,13-,14-,15-,16-,17-,18-,19+,20+,21+,22+,23+,24+,25-,26-,27-,28-,29-,30-,31+,32+,33+,34+,35-,36-/m1/s1. The lowest BCUT2D eigenvalue weighted by Gasteiger charge is -2.45. The van der Waals surface area contributed by atoms with E-state index in [1.165, 1.54) is 0 Å². The molecule has 0 radical (unpaired) electrons. The number of hydrogen-bond donors (Lipinski definition) is 20. The van der Waals surface area contributed by atoms with E-state index in [1.54, 1.807) is 0 Å². The van der Waals surface area contributed by atoms with Crippen molar-refractivity contribution in [2.75, 3.05) is 39.6 Å². The molecule has 30 atom stereocenters. The first-order valence-corrected chi connectivity index (χ1v) is 21.1. The average molecular weight is 991 g/mol. The van der Waals surface area contributed by atoms with Gasteiger partial charge in [-0.3, -0.25) is 0 Å². The van der Waals surface area contributed by atoms with E-state index in [4.69, 9.17) is 52.1 Å². The Balaban J connectivity index is 1.02. The van der Waals surface area contributed by atoms with Gasteiger partial charge in [-0.25, -0.2) is 0 Å². The highest BCUT2D eigenvalue weighted by Crippen LogP contribution is 2.32. The van der Waals surface area contributed by atoms with Crippen LogP contribution in [0.1, 0.15) is 0 Å². The van der Waals surface area contributed by atoms with E-state index in [9.17, 15) is 102 Å². The highest BCUT2D eigenvalue weighted by molar-refractivity contribution is 4.96. The maximum absolute atomic E-state index is 10.7. The fourth-order valence-electron chi connectivity index (χ4n) is 8.02. The molecule has 0 bridgehead atoms. The molecule has 0 unspecified atom stereocenters. The topological polar surface area (TPSA) is 506 Å². The Labute approximate surface area is 378 Å². The zero-order valence-corrected chi connectivity index (χ0v) is 35.0. The highest BCUT2D eigenvalue weighted by atomic mass is 16.8. The molecule has 31 nitrogen and oxygen atoms in total. The molecule has 0 spiro atoms. The quantitative estimate of drug-likeness (QED) is 0.0683. The van der Waals surface area contributed by atoms with Crippen molar-refractivity contribution in [3.8, 4) is 0 Å². The Morgan fingerprint density at radius 3 is 0.642 bits per heavy atom. The summed E-state index contributed by atoms with van der Waals surface area (Å²) in [6.45, 7) is -4.70. The normalized spacial score (nSPS) is 53.4. The molecule has 31 heteroatoms. The summed E-state index contributed by atoms with van der Waals surface area (Å²) in [5, 5.41) is 207. The second-order valence-corrected chi connectivity index (χ2v) is 16.9. The maximum atomic E-state index is 10.7. The molecule has 0 aromatic carbocycles. The van der Waals surface area contributed by atoms with E-state index >= 15 is 0 Å². The summed E-state index contributed by atoms with van der Waals surface area (Å²) in [6, 6.07) is 0. The van der Waals surface area contributed by atoms with Crippen molar-refractivity contribution in [1.29, 1.82) is 0 Å². The smallest absolute Gasteiger partial charge is 0.189 e. The zero-order chi connectivity index (χ0) is 49.3. The SMILES string of the molecule is OC[C@H]1O[C@H](OC[C@H]2O[C@H](OC[C@H]3O[C@H](OC[C@H]4O[C@H](OC[C@H]5O[C@H](O[C@H]6O[C@H](CO)[C@@H](O)[C@H](O)[C@H]6O)[C@H](O)[C@@H](O)[C@@H]5O)[C@H](O)[C@@H](O)[C@@H]4O)[C@H](O)[C@@H](O)[C@@H]3O)[C@H](O)[C@@H](O)[C@@H]2O)[C@H](O)[C@@H](O)[C@@H]1O. The molecule has 6 rings (SSSR count). The third-order valence-electron chi connectivity index (χ3n) is 12.3. The molecule has 0 aromatic rings. The predicted octanol–water partition coefficient (Wildman–Crippen LogP) is -14.1. The number of aliphatic hydroxyl groups is 20. The van der Waals surface area contributed by atoms with Gasteiger partial charge in [0.05, 0.1) is 39.6 Å². The van der Waals surface area contributed by atoms with Crippen LogP contribution in [0.4, 0.5) is 0 Å². The third-order valence-corrected chi connectivity index (χ3v) is 12.3. The Bertz CT molecular complexity index is 1510. The van der Waals surface area contributed by atoms with Gasteiger partial charge in [0.25, 0.3) is 0 Å². The van der Waals surface area contributed by atoms with Gasteiger partial charge in [-0.15, -0.1) is 0 Å². The first-order chi connectivity index (χ1) is 31.6. The Morgan fingerprint density at radius 1 is 0.224 bits per heavy atom. The summed E-state index contributed by atoms with van der Waals surface area (Å²) in [5.74, 6) is 0. The molecule has 0 aromatic heterocycles. The van der Waals surface area contributed by atoms with Crippen molar-refractivity contribution in [3.63, 3.8) is 0 Å². The van der Waals surface area contributed by atoms with E-state index in [0.717, 1.165) is 0 Å². The fraction of sp³-hybridized carbons (Fsp3) is 1.00. The van der Waals surface area contributed by atoms with E-state index in [2.05, 4.69) is 0 Å². The summed E-state index contributed by atoms with van der Waals surface area (Å²) < 4.78 is 59.9. The molecule has 0 saturated carbocycles. The van der Waals surface area contributed by atoms with E-state index in [1.807, 2.05) is 0 Å². The van der Waals surface area contributed by atoms with Gasteiger partial charge in [0.1, 0.15) is 146 Å². The first-order valence-electron chi connectivity index (χ1n) is 21.1. The fourth-order valence-corrected chi connectivity index (χ4v) is 8.02. The highest BCUT2D eigenvalue weighted by Gasteiger charge is 2.53. The number of hydrogen-bond acceptors (Lipinski definition) is 31. The molecular formula is C36H62O31. The molecule has 0 aliphatic carbocycles. The van der Waals surface area contributed by atoms with Gasteiger partial charge in [-0.1, -0.05) is 0 Å². The van der Waals surface area contributed by atoms with Crippen LogP contribution in [-0.2, 0) is 52.1 Å². The average Bonchev–Trinajstić information content (AvgIpc) is 3.31. The van der Waals surface area contributed by atoms with Crippen molar-refractivity contribution in [2.24, 2.45) is 0 Å². The van der Waals surface area contributed by atoms with Crippen LogP contribution in [0.5, 0.6) is 0 Å². The van der Waals surface area contributed by atoms with Crippen LogP contribution in [0, 0.1) is 0 Å². The summed E-state index contributed by atoms with van der Waals surface area (Å²) in [6.07, 6.45) is -54.7. The molecule has 67 heavy (non-hydrogen) atoms. The van der Waals surface area contributed by atoms with Gasteiger partial charge in [-0.2, -0.15) is 0 Å². The molecule has 6 saturated heterocycles. The Morgan fingerprint density at radius 2 is 0.403 bits per heavy atom. The molecule has 392 valence electrons. The van der Waals surface area contributed by atoms with Crippen LogP contribution < -0.4 is 0 Å². The Kier molecular flexibility index (Phi) is 19.4. The van der Waals surface area contributed by atoms with Crippen LogP contribution in [0.25, 0.3) is 0 Å². The van der Waals surface area contributed by atoms with Crippen molar-refractivity contribution < 1.29 is 154 Å². The van der Waals surface area contributed by atoms with Crippen LogP contribution >= 0.6 is 0 Å². The molecule has 6 heterocycles. The predicted molar refractivity (Wildman–Crippen MR) is 199 cm³/mol. The van der Waals surface area contributed by atoms with Crippen LogP contribution in [-0.4, -0.2) is 326 Å². The lowest BCUT2D eigenvalue weighted by molar-refractivity contribution is -0.381. The van der Waals surface area contributed by atoms with Crippen LogP contribution in [0.15, 0.2) is 0 Å². The van der Waals surface area contributed by atoms with Crippen molar-refractivity contribution >= 4 is 0 Å². The Hall–Kier alpha value is -1.24. The molecule has 6 aliphatic rings. The second kappa shape index (κ2) is 23.5. The monoisotopic (exact) mass is 990 g/mol. The van der Waals surface area contributed by atoms with Gasteiger partial charge in [-0.05, 0) is 0 Å².